The molecule has 1 aromatic carbocycles. The first-order valence-electron chi connectivity index (χ1n) is 10.5. The number of ether oxygens (including phenoxy) is 1. The summed E-state index contributed by atoms with van der Waals surface area (Å²) in [6, 6.07) is 12.6. The van der Waals surface area contributed by atoms with E-state index in [1.165, 1.54) is 62.9 Å². The van der Waals surface area contributed by atoms with Gasteiger partial charge in [0.05, 0.1) is 6.61 Å². The third kappa shape index (κ3) is 5.23. The number of hydrogen-bond donors (Lipinski definition) is 1. The number of benzene rings is 1. The Morgan fingerprint density at radius 1 is 1.11 bits per heavy atom. The van der Waals surface area contributed by atoms with E-state index in [9.17, 15) is 0 Å². The van der Waals surface area contributed by atoms with E-state index in [2.05, 4.69) is 33.4 Å². The van der Waals surface area contributed by atoms with E-state index >= 15 is 0 Å². The summed E-state index contributed by atoms with van der Waals surface area (Å²) in [5.41, 5.74) is 3.03. The van der Waals surface area contributed by atoms with Crippen molar-refractivity contribution in [2.75, 3.05) is 38.1 Å². The molecule has 2 aromatic rings. The quantitative estimate of drug-likeness (QED) is 0.713. The van der Waals surface area contributed by atoms with Crippen molar-refractivity contribution in [3.8, 4) is 5.75 Å². The van der Waals surface area contributed by atoms with Crippen LogP contribution in [0.25, 0.3) is 0 Å². The molecule has 1 aromatic heterocycles. The number of nitrogens with one attached hydrogen (secondary N) is 1. The number of nitrogens with zero attached hydrogens (tertiary/aromatic N) is 2. The zero-order chi connectivity index (χ0) is 18.3. The van der Waals surface area contributed by atoms with Gasteiger partial charge in [-0.3, -0.25) is 0 Å². The Morgan fingerprint density at radius 3 is 2.89 bits per heavy atom. The van der Waals surface area contributed by atoms with Crippen LogP contribution in [0.15, 0.2) is 42.6 Å². The molecule has 0 spiro atoms. The van der Waals surface area contributed by atoms with Crippen LogP contribution < -0.4 is 10.1 Å². The maximum absolute atomic E-state index is 5.98. The molecule has 0 amide bonds. The summed E-state index contributed by atoms with van der Waals surface area (Å²) in [7, 11) is 0. The predicted octanol–water partition coefficient (Wildman–Crippen LogP) is 4.16. The second-order valence-electron chi connectivity index (χ2n) is 7.89. The van der Waals surface area contributed by atoms with Crippen molar-refractivity contribution < 1.29 is 4.74 Å². The predicted molar refractivity (Wildman–Crippen MR) is 110 cm³/mol. The Bertz CT molecular complexity index is 713. The Kier molecular flexibility index (Phi) is 6.25. The molecule has 4 nitrogen and oxygen atoms in total. The number of aryl methyl sites for hydroxylation is 1. The van der Waals surface area contributed by atoms with Crippen LogP contribution in [0, 0.1) is 5.92 Å². The van der Waals surface area contributed by atoms with Gasteiger partial charge in [0.25, 0.3) is 0 Å². The minimum Gasteiger partial charge on any atom is -0.494 e. The van der Waals surface area contributed by atoms with E-state index in [0.29, 0.717) is 0 Å². The Labute approximate surface area is 162 Å². The summed E-state index contributed by atoms with van der Waals surface area (Å²) in [5, 5.41) is 3.32. The molecular weight excluding hydrogens is 334 g/mol. The van der Waals surface area contributed by atoms with Crippen LogP contribution in [0.1, 0.15) is 36.8 Å². The van der Waals surface area contributed by atoms with Gasteiger partial charge in [0.1, 0.15) is 11.6 Å². The highest BCUT2D eigenvalue weighted by atomic mass is 16.5. The van der Waals surface area contributed by atoms with E-state index in [1.807, 2.05) is 24.4 Å². The molecule has 27 heavy (non-hydrogen) atoms. The molecule has 1 fully saturated rings. The van der Waals surface area contributed by atoms with Gasteiger partial charge < -0.3 is 15.0 Å². The van der Waals surface area contributed by atoms with Crippen LogP contribution in [-0.2, 0) is 12.8 Å². The molecule has 1 aliphatic heterocycles. The van der Waals surface area contributed by atoms with Crippen LogP contribution in [0.3, 0.4) is 0 Å². The monoisotopic (exact) mass is 365 g/mol. The highest BCUT2D eigenvalue weighted by Gasteiger charge is 2.22. The normalized spacial score (nSPS) is 19.6. The second kappa shape index (κ2) is 9.23. The lowest BCUT2D eigenvalue weighted by molar-refractivity contribution is 0.261. The van der Waals surface area contributed by atoms with Crippen molar-refractivity contribution in [3.05, 3.63) is 53.7 Å². The van der Waals surface area contributed by atoms with Gasteiger partial charge in [-0.2, -0.15) is 0 Å². The van der Waals surface area contributed by atoms with Crippen molar-refractivity contribution in [2.45, 2.75) is 38.5 Å². The lowest BCUT2D eigenvalue weighted by Crippen LogP contribution is -2.30. The molecule has 0 bridgehead atoms. The highest BCUT2D eigenvalue weighted by molar-refractivity contribution is 5.37. The van der Waals surface area contributed by atoms with Crippen molar-refractivity contribution in [3.63, 3.8) is 0 Å². The topological polar surface area (TPSA) is 37.4 Å². The molecule has 1 aliphatic carbocycles. The second-order valence-corrected chi connectivity index (χ2v) is 7.89. The summed E-state index contributed by atoms with van der Waals surface area (Å²) in [4.78, 5) is 6.92. The molecule has 4 heteroatoms. The maximum Gasteiger partial charge on any atom is 0.125 e. The Balaban J connectivity index is 1.20. The van der Waals surface area contributed by atoms with E-state index in [4.69, 9.17) is 4.74 Å². The summed E-state index contributed by atoms with van der Waals surface area (Å²) < 4.78 is 5.98. The molecule has 2 aliphatic rings. The number of anilines is 1. The van der Waals surface area contributed by atoms with Gasteiger partial charge >= 0.3 is 0 Å². The minimum absolute atomic E-state index is 0.732. The van der Waals surface area contributed by atoms with E-state index in [1.54, 1.807) is 0 Å². The summed E-state index contributed by atoms with van der Waals surface area (Å²) in [5.74, 6) is 2.78. The smallest absolute Gasteiger partial charge is 0.125 e. The molecule has 4 rings (SSSR count). The highest BCUT2D eigenvalue weighted by Crippen LogP contribution is 2.29. The molecule has 144 valence electrons. The van der Waals surface area contributed by atoms with Crippen molar-refractivity contribution in [2.24, 2.45) is 5.92 Å². The van der Waals surface area contributed by atoms with Gasteiger partial charge in [0.15, 0.2) is 0 Å². The average molecular weight is 366 g/mol. The zero-order valence-electron chi connectivity index (χ0n) is 16.2. The molecule has 1 unspecified atom stereocenters. The zero-order valence-corrected chi connectivity index (χ0v) is 16.2. The number of fused-ring (bicyclic) bond motifs is 1. The van der Waals surface area contributed by atoms with Gasteiger partial charge in [0.2, 0.25) is 0 Å². The maximum atomic E-state index is 5.98. The first-order chi connectivity index (χ1) is 13.4. The van der Waals surface area contributed by atoms with Gasteiger partial charge in [0, 0.05) is 19.3 Å². The third-order valence-electron chi connectivity index (χ3n) is 5.78. The van der Waals surface area contributed by atoms with Crippen LogP contribution in [0.4, 0.5) is 5.82 Å². The van der Waals surface area contributed by atoms with Crippen LogP contribution in [0.5, 0.6) is 5.75 Å². The molecule has 1 N–H and O–H groups in total. The van der Waals surface area contributed by atoms with Gasteiger partial charge in [-0.1, -0.05) is 12.1 Å². The Morgan fingerprint density at radius 2 is 2.04 bits per heavy atom. The molecule has 2 heterocycles. The average Bonchev–Trinajstić information content (AvgIpc) is 3.21. The van der Waals surface area contributed by atoms with Crippen LogP contribution >= 0.6 is 0 Å². The first-order valence-corrected chi connectivity index (χ1v) is 10.5. The largest absolute Gasteiger partial charge is 0.494 e. The standard InChI is InChI=1S/C23H31N3O/c1-2-11-24-23(6-1)25-12-5-15-27-22-10-9-20-16-19(7-8-21(20)17-22)18-26-13-3-4-14-26/h1-2,6,9-11,17,19H,3-5,7-8,12-16,18H2,(H,24,25). The van der Waals surface area contributed by atoms with Crippen LogP contribution in [-0.4, -0.2) is 42.7 Å². The van der Waals surface area contributed by atoms with E-state index in [0.717, 1.165) is 37.1 Å². The van der Waals surface area contributed by atoms with Gasteiger partial charge in [-0.15, -0.1) is 0 Å². The van der Waals surface area contributed by atoms with Crippen LogP contribution in [0.2, 0.25) is 0 Å². The molecule has 0 radical (unpaired) electrons. The molecule has 1 atom stereocenters. The summed E-state index contributed by atoms with van der Waals surface area (Å²) in [6.45, 7) is 5.52. The number of likely N-dealkylation sites (tertiary alicyclic amines) is 1. The molecule has 1 saturated heterocycles. The summed E-state index contributed by atoms with van der Waals surface area (Å²) in [6.07, 6.45) is 9.31. The number of hydrogen-bond acceptors (Lipinski definition) is 4. The van der Waals surface area contributed by atoms with E-state index in [-0.39, 0.29) is 0 Å². The van der Waals surface area contributed by atoms with Gasteiger partial charge in [-0.05, 0) is 92.9 Å². The fraction of sp³-hybridized carbons (Fsp3) is 0.522. The van der Waals surface area contributed by atoms with E-state index < -0.39 is 0 Å². The fourth-order valence-corrected chi connectivity index (χ4v) is 4.33. The van der Waals surface area contributed by atoms with Crippen molar-refractivity contribution in [1.29, 1.82) is 0 Å². The fourth-order valence-electron chi connectivity index (χ4n) is 4.33. The molecular formula is C23H31N3O. The van der Waals surface area contributed by atoms with Crippen molar-refractivity contribution >= 4 is 5.82 Å². The lowest BCUT2D eigenvalue weighted by Gasteiger charge is -2.28. The Hall–Kier alpha value is -2.07. The number of aromatic nitrogens is 1. The van der Waals surface area contributed by atoms with Gasteiger partial charge in [-0.25, -0.2) is 4.98 Å². The number of pyridine rings is 1. The first kappa shape index (κ1) is 18.3. The lowest BCUT2D eigenvalue weighted by atomic mass is 9.83. The number of rotatable bonds is 8. The minimum atomic E-state index is 0.732. The third-order valence-corrected chi connectivity index (χ3v) is 5.78. The SMILES string of the molecule is c1ccc(NCCCOc2ccc3c(c2)CCC(CN2CCCC2)C3)nc1. The molecule has 0 saturated carbocycles. The van der Waals surface area contributed by atoms with Crippen molar-refractivity contribution in [1.82, 2.24) is 9.88 Å². The summed E-state index contributed by atoms with van der Waals surface area (Å²) >= 11 is 0.